The Hall–Kier alpha value is -4.66. The zero-order valence-corrected chi connectivity index (χ0v) is 19.9. The van der Waals surface area contributed by atoms with E-state index in [1.165, 1.54) is 11.0 Å². The highest BCUT2D eigenvalue weighted by atomic mass is 19.1. The number of nitrogens with one attached hydrogen (secondary N) is 2. The Labute approximate surface area is 207 Å². The van der Waals surface area contributed by atoms with E-state index in [1.807, 2.05) is 35.9 Å². The zero-order chi connectivity index (χ0) is 25.4. The molecular formula is C27H24FN5O3. The van der Waals surface area contributed by atoms with Crippen LogP contribution in [0.2, 0.25) is 0 Å². The molecule has 1 aliphatic heterocycles. The van der Waals surface area contributed by atoms with E-state index in [2.05, 4.69) is 15.6 Å². The average Bonchev–Trinajstić information content (AvgIpc) is 3.15. The molecule has 2 heterocycles. The number of ether oxygens (including phenoxy) is 1. The molecule has 0 spiro atoms. The van der Waals surface area contributed by atoms with Gasteiger partial charge in [-0.1, -0.05) is 30.3 Å². The highest BCUT2D eigenvalue weighted by Crippen LogP contribution is 2.29. The molecule has 0 saturated carbocycles. The third-order valence-electron chi connectivity index (χ3n) is 6.23. The number of benzodiazepines with no additional fused rings is 1. The second-order valence-electron chi connectivity index (χ2n) is 8.39. The minimum absolute atomic E-state index is 0.239. The fourth-order valence-corrected chi connectivity index (χ4v) is 4.32. The van der Waals surface area contributed by atoms with Gasteiger partial charge < -0.3 is 19.5 Å². The molecule has 2 N–H and O–H groups in total. The highest BCUT2D eigenvalue weighted by molar-refractivity contribution is 6.20. The summed E-state index contributed by atoms with van der Waals surface area (Å²) in [4.78, 5) is 32.3. The van der Waals surface area contributed by atoms with Gasteiger partial charge in [-0.15, -0.1) is 0 Å². The van der Waals surface area contributed by atoms with E-state index < -0.39 is 23.9 Å². The molecule has 182 valence electrons. The number of aromatic nitrogens is 1. The van der Waals surface area contributed by atoms with E-state index in [0.29, 0.717) is 22.8 Å². The topological polar surface area (TPSA) is 88.0 Å². The monoisotopic (exact) mass is 485 g/mol. The Bertz CT molecular complexity index is 1530. The predicted octanol–water partition coefficient (Wildman–Crippen LogP) is 4.29. The number of methoxy groups -OCH3 is 1. The molecule has 36 heavy (non-hydrogen) atoms. The van der Waals surface area contributed by atoms with Gasteiger partial charge in [0.1, 0.15) is 17.4 Å². The summed E-state index contributed by atoms with van der Waals surface area (Å²) in [5.74, 6) is 0.288. The first-order chi connectivity index (χ1) is 17.4. The largest absolute Gasteiger partial charge is 0.497 e. The van der Waals surface area contributed by atoms with E-state index >= 15 is 0 Å². The van der Waals surface area contributed by atoms with Crippen molar-refractivity contribution < 1.29 is 18.7 Å². The lowest BCUT2D eigenvalue weighted by Crippen LogP contribution is -2.47. The van der Waals surface area contributed by atoms with Gasteiger partial charge in [0.05, 0.1) is 24.0 Å². The Morgan fingerprint density at radius 2 is 1.72 bits per heavy atom. The smallest absolute Gasteiger partial charge is 0.322 e. The summed E-state index contributed by atoms with van der Waals surface area (Å²) in [6.45, 7) is 0. The first-order valence-corrected chi connectivity index (χ1v) is 11.3. The van der Waals surface area contributed by atoms with E-state index in [4.69, 9.17) is 4.74 Å². The fraction of sp³-hybridized carbons (Fsp3) is 0.148. The van der Waals surface area contributed by atoms with Crippen molar-refractivity contribution in [1.29, 1.82) is 0 Å². The quantitative estimate of drug-likeness (QED) is 0.452. The van der Waals surface area contributed by atoms with Crippen molar-refractivity contribution >= 4 is 40.1 Å². The van der Waals surface area contributed by atoms with Crippen LogP contribution in [0.4, 0.5) is 20.7 Å². The number of rotatable bonds is 4. The highest BCUT2D eigenvalue weighted by Gasteiger charge is 2.31. The van der Waals surface area contributed by atoms with Crippen molar-refractivity contribution in [3.8, 4) is 5.75 Å². The van der Waals surface area contributed by atoms with Crippen LogP contribution in [0, 0.1) is 5.82 Å². The number of likely N-dealkylation sites (N-methyl/N-ethyl adjacent to an activating group) is 1. The van der Waals surface area contributed by atoms with E-state index in [-0.39, 0.29) is 11.3 Å². The fourth-order valence-electron chi connectivity index (χ4n) is 4.32. The summed E-state index contributed by atoms with van der Waals surface area (Å²) >= 11 is 0. The summed E-state index contributed by atoms with van der Waals surface area (Å²) in [6, 6.07) is 20.1. The van der Waals surface area contributed by atoms with Crippen LogP contribution in [0.1, 0.15) is 11.1 Å². The van der Waals surface area contributed by atoms with Crippen LogP contribution in [-0.2, 0) is 11.8 Å². The van der Waals surface area contributed by atoms with Crippen molar-refractivity contribution in [2.75, 3.05) is 24.4 Å². The van der Waals surface area contributed by atoms with Gasteiger partial charge in [0.2, 0.25) is 6.17 Å². The predicted molar refractivity (Wildman–Crippen MR) is 137 cm³/mol. The third kappa shape index (κ3) is 4.04. The normalized spacial score (nSPS) is 15.2. The van der Waals surface area contributed by atoms with Gasteiger partial charge in [0, 0.05) is 36.7 Å². The summed E-state index contributed by atoms with van der Waals surface area (Å²) < 4.78 is 21.9. The lowest BCUT2D eigenvalue weighted by molar-refractivity contribution is -0.119. The zero-order valence-electron chi connectivity index (χ0n) is 19.9. The summed E-state index contributed by atoms with van der Waals surface area (Å²) in [6.07, 6.45) is -1.27. The van der Waals surface area contributed by atoms with E-state index in [9.17, 15) is 14.0 Å². The summed E-state index contributed by atoms with van der Waals surface area (Å²) in [7, 11) is 5.00. The van der Waals surface area contributed by atoms with Crippen LogP contribution >= 0.6 is 0 Å². The minimum atomic E-state index is -1.27. The number of carbonyl (C=O) groups excluding carboxylic acids is 2. The van der Waals surface area contributed by atoms with E-state index in [1.54, 1.807) is 56.6 Å². The minimum Gasteiger partial charge on any atom is -0.497 e. The molecule has 1 aliphatic rings. The number of fused-ring (bicyclic) bond motifs is 2. The number of anilines is 2. The van der Waals surface area contributed by atoms with Gasteiger partial charge in [-0.05, 0) is 36.4 Å². The molecule has 3 amide bonds. The van der Waals surface area contributed by atoms with Gasteiger partial charge in [0.25, 0.3) is 5.91 Å². The second-order valence-corrected chi connectivity index (χ2v) is 8.39. The van der Waals surface area contributed by atoms with Crippen molar-refractivity contribution in [3.63, 3.8) is 0 Å². The SMILES string of the molecule is COc1ccc2cc(NC(=O)NC3N=C(c4ccccc4F)c4ccccc4N(C)C3=O)n(C)c2c1. The first-order valence-electron chi connectivity index (χ1n) is 11.3. The van der Waals surface area contributed by atoms with Crippen molar-refractivity contribution in [3.05, 3.63) is 89.7 Å². The number of hydrogen-bond donors (Lipinski definition) is 2. The molecule has 0 saturated heterocycles. The maximum absolute atomic E-state index is 14.8. The Morgan fingerprint density at radius 1 is 1.00 bits per heavy atom. The standard InChI is InChI=1S/C27H24FN5O3/c1-32-22-15-17(36-3)13-12-16(22)14-23(32)29-27(35)31-25-26(34)33(2)21-11-7-5-9-19(21)24(30-25)18-8-4-6-10-20(18)28/h4-15,25H,1-3H3,(H2,29,31,35). The van der Waals surface area contributed by atoms with Crippen LogP contribution in [0.15, 0.2) is 77.8 Å². The third-order valence-corrected chi connectivity index (χ3v) is 6.23. The van der Waals surface area contributed by atoms with Crippen molar-refractivity contribution in [2.24, 2.45) is 12.0 Å². The lowest BCUT2D eigenvalue weighted by Gasteiger charge is -2.21. The van der Waals surface area contributed by atoms with Gasteiger partial charge in [-0.25, -0.2) is 14.2 Å². The number of amides is 3. The maximum atomic E-state index is 14.8. The molecule has 0 aliphatic carbocycles. The van der Waals surface area contributed by atoms with Gasteiger partial charge in [0.15, 0.2) is 0 Å². The van der Waals surface area contributed by atoms with Crippen LogP contribution in [-0.4, -0.2) is 42.5 Å². The Balaban J connectivity index is 1.48. The van der Waals surface area contributed by atoms with Crippen molar-refractivity contribution in [1.82, 2.24) is 9.88 Å². The number of halogens is 1. The molecule has 0 radical (unpaired) electrons. The van der Waals surface area contributed by atoms with Crippen LogP contribution in [0.3, 0.4) is 0 Å². The number of carbonyl (C=O) groups is 2. The lowest BCUT2D eigenvalue weighted by atomic mass is 10.00. The first kappa shape index (κ1) is 23.1. The second kappa shape index (κ2) is 9.18. The number of nitrogens with zero attached hydrogens (tertiary/aromatic N) is 3. The summed E-state index contributed by atoms with van der Waals surface area (Å²) in [5.41, 5.74) is 2.54. The number of aryl methyl sites for hydroxylation is 1. The van der Waals surface area contributed by atoms with E-state index in [0.717, 1.165) is 10.9 Å². The number of urea groups is 1. The van der Waals surface area contributed by atoms with Crippen LogP contribution in [0.25, 0.3) is 10.9 Å². The maximum Gasteiger partial charge on any atom is 0.322 e. The van der Waals surface area contributed by atoms with Gasteiger partial charge in [-0.3, -0.25) is 10.1 Å². The number of hydrogen-bond acceptors (Lipinski definition) is 4. The molecule has 4 aromatic rings. The molecule has 3 aromatic carbocycles. The van der Waals surface area contributed by atoms with Crippen LogP contribution < -0.4 is 20.3 Å². The molecule has 1 unspecified atom stereocenters. The molecule has 8 nitrogen and oxygen atoms in total. The van der Waals surface area contributed by atoms with Crippen molar-refractivity contribution in [2.45, 2.75) is 6.17 Å². The molecule has 1 atom stereocenters. The number of benzene rings is 3. The Kier molecular flexibility index (Phi) is 5.89. The molecule has 1 aromatic heterocycles. The number of aliphatic imine (C=N–C) groups is 1. The number of para-hydroxylation sites is 1. The molecular weight excluding hydrogens is 461 g/mol. The average molecular weight is 486 g/mol. The molecule has 0 fully saturated rings. The van der Waals surface area contributed by atoms with Crippen LogP contribution in [0.5, 0.6) is 5.75 Å². The molecule has 9 heteroatoms. The molecule has 0 bridgehead atoms. The Morgan fingerprint density at radius 3 is 2.47 bits per heavy atom. The van der Waals surface area contributed by atoms with Gasteiger partial charge in [-0.2, -0.15) is 0 Å². The molecule has 5 rings (SSSR count). The summed E-state index contributed by atoms with van der Waals surface area (Å²) in [5, 5.41) is 6.34. The van der Waals surface area contributed by atoms with Gasteiger partial charge >= 0.3 is 6.03 Å².